The lowest BCUT2D eigenvalue weighted by molar-refractivity contribution is -0.192. The Morgan fingerprint density at radius 1 is 1.19 bits per heavy atom. The smallest absolute Gasteiger partial charge is 0.391 e. The van der Waals surface area contributed by atoms with Crippen molar-refractivity contribution in [3.05, 3.63) is 53.0 Å². The number of likely N-dealkylation sites (tertiary alicyclic amines) is 1. The predicted molar refractivity (Wildman–Crippen MR) is 124 cm³/mol. The van der Waals surface area contributed by atoms with Crippen LogP contribution < -0.4 is 9.46 Å². The number of halogens is 4. The normalized spacial score (nSPS) is 23.2. The molecule has 1 fully saturated rings. The number of sulfonamides is 1. The highest BCUT2D eigenvalue weighted by molar-refractivity contribution is 7.93. The molecule has 3 atom stereocenters. The summed E-state index contributed by atoms with van der Waals surface area (Å²) in [4.78, 5) is 5.21. The number of piperidine rings is 1. The second-order valence-corrected chi connectivity index (χ2v) is 11.4. The molecule has 0 amide bonds. The number of thiazole rings is 1. The van der Waals surface area contributed by atoms with Crippen LogP contribution in [0.3, 0.4) is 0 Å². The van der Waals surface area contributed by atoms with Crippen molar-refractivity contribution < 1.29 is 30.7 Å². The number of rotatable bonds is 5. The Labute approximate surface area is 208 Å². The third-order valence-corrected chi connectivity index (χ3v) is 8.89. The zero-order valence-electron chi connectivity index (χ0n) is 19.1. The van der Waals surface area contributed by atoms with Gasteiger partial charge in [0.05, 0.1) is 24.3 Å². The summed E-state index contributed by atoms with van der Waals surface area (Å²) in [5.74, 6) is -2.25. The number of ether oxygens (including phenoxy) is 1. The number of nitrogens with zero attached hydrogens (tertiary/aromatic N) is 4. The van der Waals surface area contributed by atoms with Crippen LogP contribution in [0.5, 0.6) is 5.75 Å². The van der Waals surface area contributed by atoms with E-state index < -0.39 is 44.9 Å². The van der Waals surface area contributed by atoms with E-state index in [9.17, 15) is 21.6 Å². The molecule has 14 heteroatoms. The molecule has 4 heterocycles. The van der Waals surface area contributed by atoms with Gasteiger partial charge < -0.3 is 4.74 Å². The average molecular weight is 546 g/mol. The van der Waals surface area contributed by atoms with Crippen molar-refractivity contribution in [2.75, 3.05) is 17.9 Å². The molecule has 5 rings (SSSR count). The quantitative estimate of drug-likeness (QED) is 0.470. The number of nitrogens with one attached hydrogen (secondary N) is 1. The van der Waals surface area contributed by atoms with Crippen LogP contribution in [0, 0.1) is 11.7 Å². The van der Waals surface area contributed by atoms with Crippen molar-refractivity contribution >= 4 is 26.5 Å². The predicted octanol–water partition coefficient (Wildman–Crippen LogP) is 4.66. The van der Waals surface area contributed by atoms with E-state index in [-0.39, 0.29) is 36.9 Å². The third kappa shape index (κ3) is 4.68. The standard InChI is InChI=1S/C22H23F4N5O3S2/c1-30-17(2-5-28-30)18-10-13(22(24,25)26)3-7-31(18)16-4-8-34-19-12-20(15(23)11-14(16)19)36(32,33)29-21-27-6-9-35-21/h2,5-6,9,11-13,16,18H,3-4,7-8,10H2,1H3,(H,27,29)/t13?,16-,18-/m1/s1. The Morgan fingerprint density at radius 3 is 2.67 bits per heavy atom. The van der Waals surface area contributed by atoms with Gasteiger partial charge in [-0.3, -0.25) is 14.3 Å². The molecule has 8 nitrogen and oxygen atoms in total. The van der Waals surface area contributed by atoms with Crippen molar-refractivity contribution in [3.63, 3.8) is 0 Å². The minimum absolute atomic E-state index is 0.0861. The van der Waals surface area contributed by atoms with Gasteiger partial charge in [-0.15, -0.1) is 11.3 Å². The molecular formula is C22H23F4N5O3S2. The second kappa shape index (κ2) is 9.30. The molecule has 1 saturated heterocycles. The third-order valence-electron chi connectivity index (χ3n) is 6.72. The highest BCUT2D eigenvalue weighted by atomic mass is 32.2. The molecular weight excluding hydrogens is 522 g/mol. The molecule has 2 aromatic heterocycles. The summed E-state index contributed by atoms with van der Waals surface area (Å²) in [6.45, 7) is 0.345. The first-order valence-electron chi connectivity index (χ1n) is 11.2. The van der Waals surface area contributed by atoms with E-state index in [2.05, 4.69) is 14.8 Å². The maximum Gasteiger partial charge on any atom is 0.391 e. The first kappa shape index (κ1) is 25.0. The van der Waals surface area contributed by atoms with Crippen molar-refractivity contribution in [2.24, 2.45) is 13.0 Å². The monoisotopic (exact) mass is 545 g/mol. The molecule has 0 spiro atoms. The van der Waals surface area contributed by atoms with E-state index >= 15 is 4.39 Å². The summed E-state index contributed by atoms with van der Waals surface area (Å²) in [7, 11) is -2.60. The molecule has 1 unspecified atom stereocenters. The van der Waals surface area contributed by atoms with Crippen molar-refractivity contribution in [1.29, 1.82) is 0 Å². The van der Waals surface area contributed by atoms with Crippen molar-refractivity contribution in [2.45, 2.75) is 42.4 Å². The SMILES string of the molecule is Cn1nccc1[C@H]1CC(C(F)(F)F)CCN1[C@@H]1CCOc2cc(S(=O)(=O)Nc3nccs3)c(F)cc21. The zero-order chi connectivity index (χ0) is 25.7. The molecule has 2 aliphatic rings. The van der Waals surface area contributed by atoms with Gasteiger partial charge in [-0.25, -0.2) is 17.8 Å². The van der Waals surface area contributed by atoms with Gasteiger partial charge in [0.15, 0.2) is 5.13 Å². The molecule has 0 aliphatic carbocycles. The van der Waals surface area contributed by atoms with Crippen molar-refractivity contribution in [1.82, 2.24) is 19.7 Å². The molecule has 1 aromatic carbocycles. The largest absolute Gasteiger partial charge is 0.493 e. The Morgan fingerprint density at radius 2 is 2.00 bits per heavy atom. The number of benzene rings is 1. The molecule has 0 bridgehead atoms. The first-order chi connectivity index (χ1) is 17.0. The van der Waals surface area contributed by atoms with Crippen LogP contribution in [0.2, 0.25) is 0 Å². The maximum absolute atomic E-state index is 15.2. The van der Waals surface area contributed by atoms with Gasteiger partial charge in [-0.05, 0) is 25.0 Å². The minimum atomic E-state index is -4.32. The molecule has 3 aromatic rings. The highest BCUT2D eigenvalue weighted by Crippen LogP contribution is 2.48. The number of anilines is 1. The van der Waals surface area contributed by atoms with Gasteiger partial charge in [0, 0.05) is 55.5 Å². The highest BCUT2D eigenvalue weighted by Gasteiger charge is 2.47. The molecule has 1 N–H and O–H groups in total. The molecule has 2 aliphatic heterocycles. The van der Waals surface area contributed by atoms with Crippen LogP contribution in [0.4, 0.5) is 22.7 Å². The molecule has 194 valence electrons. The van der Waals surface area contributed by atoms with Crippen LogP contribution in [-0.2, 0) is 17.1 Å². The Bertz CT molecular complexity index is 1340. The second-order valence-electron chi connectivity index (χ2n) is 8.81. The first-order valence-corrected chi connectivity index (χ1v) is 13.6. The van der Waals surface area contributed by atoms with Gasteiger partial charge in [0.1, 0.15) is 16.5 Å². The van der Waals surface area contributed by atoms with E-state index in [0.29, 0.717) is 17.7 Å². The Balaban J connectivity index is 1.50. The van der Waals surface area contributed by atoms with E-state index in [1.807, 2.05) is 4.90 Å². The van der Waals surface area contributed by atoms with Crippen molar-refractivity contribution in [3.8, 4) is 5.75 Å². The van der Waals surface area contributed by atoms with Crippen LogP contribution in [0.15, 0.2) is 40.9 Å². The van der Waals surface area contributed by atoms with Gasteiger partial charge >= 0.3 is 6.18 Å². The molecule has 0 saturated carbocycles. The van der Waals surface area contributed by atoms with E-state index in [1.165, 1.54) is 12.4 Å². The summed E-state index contributed by atoms with van der Waals surface area (Å²) in [6, 6.07) is 2.88. The fraction of sp³-hybridized carbons (Fsp3) is 0.455. The lowest BCUT2D eigenvalue weighted by Crippen LogP contribution is -2.44. The fourth-order valence-corrected chi connectivity index (χ4v) is 6.89. The maximum atomic E-state index is 15.2. The van der Waals surface area contributed by atoms with Crippen LogP contribution in [0.25, 0.3) is 0 Å². The average Bonchev–Trinajstić information content (AvgIpc) is 3.48. The lowest BCUT2D eigenvalue weighted by Gasteiger charge is -2.45. The number of alkyl halides is 3. The number of aryl methyl sites for hydroxylation is 1. The summed E-state index contributed by atoms with van der Waals surface area (Å²) in [5, 5.41) is 5.81. The Kier molecular flexibility index (Phi) is 6.45. The summed E-state index contributed by atoms with van der Waals surface area (Å²) in [5.41, 5.74) is 1.04. The summed E-state index contributed by atoms with van der Waals surface area (Å²) < 4.78 is 91.2. The van der Waals surface area contributed by atoms with Crippen LogP contribution in [0.1, 0.15) is 42.6 Å². The van der Waals surface area contributed by atoms with Gasteiger partial charge in [-0.2, -0.15) is 18.3 Å². The van der Waals surface area contributed by atoms with Gasteiger partial charge in [0.2, 0.25) is 0 Å². The molecule has 0 radical (unpaired) electrons. The molecule has 36 heavy (non-hydrogen) atoms. The minimum Gasteiger partial charge on any atom is -0.493 e. The topological polar surface area (TPSA) is 89.4 Å². The zero-order valence-corrected chi connectivity index (χ0v) is 20.7. The van der Waals surface area contributed by atoms with Crippen LogP contribution >= 0.6 is 11.3 Å². The number of aromatic nitrogens is 3. The van der Waals surface area contributed by atoms with E-state index in [0.717, 1.165) is 23.5 Å². The fourth-order valence-electron chi connectivity index (χ4n) is 5.02. The number of hydrogen-bond donors (Lipinski definition) is 1. The van der Waals surface area contributed by atoms with E-state index in [1.54, 1.807) is 23.2 Å². The summed E-state index contributed by atoms with van der Waals surface area (Å²) >= 11 is 1.05. The number of hydrogen-bond acceptors (Lipinski definition) is 7. The van der Waals surface area contributed by atoms with E-state index in [4.69, 9.17) is 4.74 Å². The van der Waals surface area contributed by atoms with Gasteiger partial charge in [-0.1, -0.05) is 0 Å². The lowest BCUT2D eigenvalue weighted by atomic mass is 9.85. The Hall–Kier alpha value is -2.71. The summed E-state index contributed by atoms with van der Waals surface area (Å²) in [6.07, 6.45) is -1.19. The van der Waals surface area contributed by atoms with Crippen LogP contribution in [-0.4, -0.2) is 47.4 Å². The van der Waals surface area contributed by atoms with Gasteiger partial charge in [0.25, 0.3) is 10.0 Å². The number of fused-ring (bicyclic) bond motifs is 1.